The summed E-state index contributed by atoms with van der Waals surface area (Å²) in [6.45, 7) is 0. The van der Waals surface area contributed by atoms with Gasteiger partial charge in [-0.3, -0.25) is 4.79 Å². The summed E-state index contributed by atoms with van der Waals surface area (Å²) in [7, 11) is 0. The smallest absolute Gasteiger partial charge is 0.287 e. The maximum Gasteiger partial charge on any atom is 0.287 e. The number of carbonyl (C=O) groups excluding carboxylic acids is 1. The molecule has 2 N–H and O–H groups in total. The Hall–Kier alpha value is -2.07. The first kappa shape index (κ1) is 11.4. The van der Waals surface area contributed by atoms with Gasteiger partial charge in [0.25, 0.3) is 5.91 Å². The van der Waals surface area contributed by atoms with Crippen LogP contribution in [0.25, 0.3) is 0 Å². The van der Waals surface area contributed by atoms with Gasteiger partial charge in [0.15, 0.2) is 0 Å². The first-order chi connectivity index (χ1) is 8.25. The van der Waals surface area contributed by atoms with Gasteiger partial charge in [-0.05, 0) is 29.8 Å². The lowest BCUT2D eigenvalue weighted by Gasteiger charge is -1.96. The average Bonchev–Trinajstić information content (AvgIpc) is 2.85. The zero-order valence-electron chi connectivity index (χ0n) is 8.85. The zero-order valence-corrected chi connectivity index (χ0v) is 9.61. The summed E-state index contributed by atoms with van der Waals surface area (Å²) < 4.78 is 0. The van der Waals surface area contributed by atoms with E-state index in [1.807, 2.05) is 12.1 Å². The maximum absolute atomic E-state index is 11.5. The number of hydrazone groups is 1. The van der Waals surface area contributed by atoms with Crippen LogP contribution >= 0.6 is 11.6 Å². The molecule has 0 saturated carbocycles. The van der Waals surface area contributed by atoms with Crippen molar-refractivity contribution >= 4 is 23.7 Å². The Morgan fingerprint density at radius 1 is 1.29 bits per heavy atom. The second-order valence-electron chi connectivity index (χ2n) is 3.33. The molecule has 2 rings (SSSR count). The number of aromatic amines is 1. The van der Waals surface area contributed by atoms with Crippen molar-refractivity contribution < 1.29 is 4.79 Å². The van der Waals surface area contributed by atoms with Crippen molar-refractivity contribution in [1.82, 2.24) is 10.4 Å². The summed E-state index contributed by atoms with van der Waals surface area (Å²) >= 11 is 5.75. The van der Waals surface area contributed by atoms with Gasteiger partial charge in [0.05, 0.1) is 6.21 Å². The van der Waals surface area contributed by atoms with E-state index < -0.39 is 0 Å². The Balaban J connectivity index is 1.94. The van der Waals surface area contributed by atoms with Gasteiger partial charge in [-0.2, -0.15) is 5.10 Å². The van der Waals surface area contributed by atoms with Gasteiger partial charge in [-0.25, -0.2) is 5.43 Å². The van der Waals surface area contributed by atoms with Crippen LogP contribution in [-0.4, -0.2) is 17.1 Å². The minimum atomic E-state index is -0.278. The van der Waals surface area contributed by atoms with Crippen LogP contribution in [0.5, 0.6) is 0 Å². The highest BCUT2D eigenvalue weighted by Crippen LogP contribution is 2.07. The number of aromatic nitrogens is 1. The predicted octanol–water partition coefficient (Wildman–Crippen LogP) is 2.43. The van der Waals surface area contributed by atoms with Gasteiger partial charge >= 0.3 is 0 Å². The Morgan fingerprint density at radius 2 is 2.06 bits per heavy atom. The van der Waals surface area contributed by atoms with Crippen LogP contribution < -0.4 is 5.43 Å². The summed E-state index contributed by atoms with van der Waals surface area (Å²) in [5, 5.41) is 4.50. The molecule has 0 aliphatic rings. The second kappa shape index (κ2) is 5.32. The first-order valence-corrected chi connectivity index (χ1v) is 5.36. The van der Waals surface area contributed by atoms with E-state index in [1.165, 1.54) is 0 Å². The molecule has 0 bridgehead atoms. The summed E-state index contributed by atoms with van der Waals surface area (Å²) in [5.74, 6) is -0.278. The van der Waals surface area contributed by atoms with Gasteiger partial charge < -0.3 is 4.98 Å². The van der Waals surface area contributed by atoms with E-state index in [4.69, 9.17) is 11.6 Å². The molecule has 0 aliphatic carbocycles. The number of nitrogens with zero attached hydrogens (tertiary/aromatic N) is 1. The molecule has 0 atom stereocenters. The number of amides is 1. The Labute approximate surface area is 103 Å². The Bertz CT molecular complexity index is 517. The maximum atomic E-state index is 11.5. The molecule has 0 unspecified atom stereocenters. The highest BCUT2D eigenvalue weighted by molar-refractivity contribution is 6.30. The summed E-state index contributed by atoms with van der Waals surface area (Å²) in [6.07, 6.45) is 3.23. The number of nitrogens with one attached hydrogen (secondary N) is 2. The van der Waals surface area contributed by atoms with E-state index in [1.54, 1.807) is 36.7 Å². The number of H-pyrrole nitrogens is 1. The lowest BCUT2D eigenvalue weighted by atomic mass is 10.2. The SMILES string of the molecule is O=C(N/N=C\c1ccc(Cl)cc1)c1ccc[nH]1. The van der Waals surface area contributed by atoms with Crippen molar-refractivity contribution in [3.05, 3.63) is 58.9 Å². The third-order valence-corrected chi connectivity index (χ3v) is 2.34. The topological polar surface area (TPSA) is 57.2 Å². The van der Waals surface area contributed by atoms with Crippen molar-refractivity contribution in [2.75, 3.05) is 0 Å². The molecule has 1 heterocycles. The number of hydrogen-bond donors (Lipinski definition) is 2. The van der Waals surface area contributed by atoms with Crippen LogP contribution in [0.2, 0.25) is 5.02 Å². The highest BCUT2D eigenvalue weighted by Gasteiger charge is 2.02. The monoisotopic (exact) mass is 247 g/mol. The molecule has 5 heteroatoms. The van der Waals surface area contributed by atoms with E-state index in [0.717, 1.165) is 5.56 Å². The van der Waals surface area contributed by atoms with E-state index in [2.05, 4.69) is 15.5 Å². The van der Waals surface area contributed by atoms with Crippen molar-refractivity contribution in [2.24, 2.45) is 5.10 Å². The third kappa shape index (κ3) is 3.19. The standard InChI is InChI=1S/C12H10ClN3O/c13-10-5-3-9(4-6-10)8-15-16-12(17)11-2-1-7-14-11/h1-8,14H,(H,16,17)/b15-8-. The Morgan fingerprint density at radius 3 is 2.71 bits per heavy atom. The van der Waals surface area contributed by atoms with Gasteiger partial charge in [0.1, 0.15) is 5.69 Å². The van der Waals surface area contributed by atoms with Crippen LogP contribution in [0.1, 0.15) is 16.1 Å². The van der Waals surface area contributed by atoms with Gasteiger partial charge in [0.2, 0.25) is 0 Å². The third-order valence-electron chi connectivity index (χ3n) is 2.09. The zero-order chi connectivity index (χ0) is 12.1. The van der Waals surface area contributed by atoms with Crippen molar-refractivity contribution in [3.63, 3.8) is 0 Å². The summed E-state index contributed by atoms with van der Waals surface area (Å²) in [6, 6.07) is 10.6. The molecule has 0 aliphatic heterocycles. The average molecular weight is 248 g/mol. The number of rotatable bonds is 3. The number of hydrogen-bond acceptors (Lipinski definition) is 2. The molecule has 1 amide bonds. The summed E-state index contributed by atoms with van der Waals surface area (Å²) in [4.78, 5) is 14.3. The largest absolute Gasteiger partial charge is 0.357 e. The lowest BCUT2D eigenvalue weighted by molar-refractivity contribution is 0.0951. The molecule has 4 nitrogen and oxygen atoms in total. The quantitative estimate of drug-likeness (QED) is 0.635. The molecule has 1 aromatic carbocycles. The highest BCUT2D eigenvalue weighted by atomic mass is 35.5. The molecule has 1 aromatic heterocycles. The van der Waals surface area contributed by atoms with Crippen molar-refractivity contribution in [2.45, 2.75) is 0 Å². The van der Waals surface area contributed by atoms with Crippen LogP contribution in [0, 0.1) is 0 Å². The van der Waals surface area contributed by atoms with Gasteiger partial charge in [0, 0.05) is 11.2 Å². The van der Waals surface area contributed by atoms with Crippen LogP contribution in [0.4, 0.5) is 0 Å². The van der Waals surface area contributed by atoms with Crippen LogP contribution in [0.15, 0.2) is 47.7 Å². The molecule has 17 heavy (non-hydrogen) atoms. The number of benzene rings is 1. The molecule has 0 fully saturated rings. The molecular formula is C12H10ClN3O. The van der Waals surface area contributed by atoms with Gasteiger partial charge in [-0.15, -0.1) is 0 Å². The van der Waals surface area contributed by atoms with E-state index in [0.29, 0.717) is 10.7 Å². The first-order valence-electron chi connectivity index (χ1n) is 4.98. The fourth-order valence-corrected chi connectivity index (χ4v) is 1.37. The minimum Gasteiger partial charge on any atom is -0.357 e. The van der Waals surface area contributed by atoms with E-state index in [-0.39, 0.29) is 5.91 Å². The number of carbonyl (C=O) groups is 1. The predicted molar refractivity (Wildman–Crippen MR) is 67.3 cm³/mol. The van der Waals surface area contributed by atoms with Crippen LogP contribution in [0.3, 0.4) is 0 Å². The summed E-state index contributed by atoms with van der Waals surface area (Å²) in [5.41, 5.74) is 3.75. The molecule has 2 aromatic rings. The number of halogens is 1. The normalized spacial score (nSPS) is 10.6. The Kier molecular flexibility index (Phi) is 3.57. The van der Waals surface area contributed by atoms with Crippen molar-refractivity contribution in [1.29, 1.82) is 0 Å². The van der Waals surface area contributed by atoms with E-state index >= 15 is 0 Å². The molecule has 0 spiro atoms. The minimum absolute atomic E-state index is 0.278. The van der Waals surface area contributed by atoms with Crippen LogP contribution in [-0.2, 0) is 0 Å². The second-order valence-corrected chi connectivity index (χ2v) is 3.77. The van der Waals surface area contributed by atoms with Gasteiger partial charge in [-0.1, -0.05) is 23.7 Å². The molecule has 86 valence electrons. The molecular weight excluding hydrogens is 238 g/mol. The fraction of sp³-hybridized carbons (Fsp3) is 0. The van der Waals surface area contributed by atoms with Crippen molar-refractivity contribution in [3.8, 4) is 0 Å². The fourth-order valence-electron chi connectivity index (χ4n) is 1.25. The molecule has 0 saturated heterocycles. The molecule has 0 radical (unpaired) electrons. The van der Waals surface area contributed by atoms with E-state index in [9.17, 15) is 4.79 Å². The lowest BCUT2D eigenvalue weighted by Crippen LogP contribution is -2.17.